The summed E-state index contributed by atoms with van der Waals surface area (Å²) in [5.74, 6) is 0.991. The molecule has 2 rings (SSSR count). The lowest BCUT2D eigenvalue weighted by molar-refractivity contribution is 0.0707. The van der Waals surface area contributed by atoms with E-state index in [9.17, 15) is 5.11 Å². The normalized spacial score (nSPS) is 17.5. The van der Waals surface area contributed by atoms with Gasteiger partial charge in [-0.05, 0) is 12.1 Å². The highest BCUT2D eigenvalue weighted by molar-refractivity contribution is 5.44. The standard InChI is InChI=1S/C13H19NO4/c1-16-6-7-17-5-4-14-12-9-18-13-8-10(15)2-3-11(12)13/h2-3,8,12,14-15H,4-7,9H2,1H3. The zero-order valence-corrected chi connectivity index (χ0v) is 10.5. The average Bonchev–Trinajstić information content (AvgIpc) is 2.76. The summed E-state index contributed by atoms with van der Waals surface area (Å²) >= 11 is 0. The molecular weight excluding hydrogens is 234 g/mol. The fourth-order valence-electron chi connectivity index (χ4n) is 1.92. The zero-order chi connectivity index (χ0) is 12.8. The summed E-state index contributed by atoms with van der Waals surface area (Å²) in [7, 11) is 1.66. The summed E-state index contributed by atoms with van der Waals surface area (Å²) < 4.78 is 15.8. The van der Waals surface area contributed by atoms with Gasteiger partial charge in [0.25, 0.3) is 0 Å². The molecule has 1 aliphatic heterocycles. The quantitative estimate of drug-likeness (QED) is 0.712. The summed E-state index contributed by atoms with van der Waals surface area (Å²) in [5.41, 5.74) is 1.09. The van der Waals surface area contributed by atoms with Crippen LogP contribution in [0.1, 0.15) is 11.6 Å². The molecule has 1 atom stereocenters. The number of fused-ring (bicyclic) bond motifs is 1. The predicted octanol–water partition coefficient (Wildman–Crippen LogP) is 1.08. The Kier molecular flexibility index (Phi) is 4.81. The van der Waals surface area contributed by atoms with Gasteiger partial charge >= 0.3 is 0 Å². The maximum atomic E-state index is 9.35. The third-order valence-electron chi connectivity index (χ3n) is 2.85. The first-order valence-corrected chi connectivity index (χ1v) is 6.07. The van der Waals surface area contributed by atoms with Crippen molar-refractivity contribution < 1.29 is 19.3 Å². The molecule has 1 aromatic rings. The average molecular weight is 253 g/mol. The Morgan fingerprint density at radius 2 is 2.28 bits per heavy atom. The van der Waals surface area contributed by atoms with Gasteiger partial charge in [-0.25, -0.2) is 0 Å². The van der Waals surface area contributed by atoms with Gasteiger partial charge in [-0.2, -0.15) is 0 Å². The van der Waals surface area contributed by atoms with E-state index in [-0.39, 0.29) is 11.8 Å². The highest BCUT2D eigenvalue weighted by atomic mass is 16.5. The predicted molar refractivity (Wildman–Crippen MR) is 67.0 cm³/mol. The summed E-state index contributed by atoms with van der Waals surface area (Å²) in [6, 6.07) is 5.39. The Morgan fingerprint density at radius 3 is 3.11 bits per heavy atom. The Hall–Kier alpha value is -1.30. The molecule has 1 aliphatic rings. The van der Waals surface area contributed by atoms with Gasteiger partial charge in [0.15, 0.2) is 0 Å². The molecule has 0 amide bonds. The van der Waals surface area contributed by atoms with Crippen LogP contribution < -0.4 is 10.1 Å². The molecular formula is C13H19NO4. The summed E-state index contributed by atoms with van der Waals surface area (Å²) in [4.78, 5) is 0. The Labute approximate surface area is 107 Å². The first kappa shape index (κ1) is 13.1. The topological polar surface area (TPSA) is 60.0 Å². The summed E-state index contributed by atoms with van der Waals surface area (Å²) in [6.45, 7) is 3.24. The van der Waals surface area contributed by atoms with E-state index in [0.29, 0.717) is 26.4 Å². The van der Waals surface area contributed by atoms with Crippen molar-refractivity contribution in [3.05, 3.63) is 23.8 Å². The highest BCUT2D eigenvalue weighted by Gasteiger charge is 2.23. The largest absolute Gasteiger partial charge is 0.508 e. The molecule has 0 saturated heterocycles. The Balaban J connectivity index is 1.73. The van der Waals surface area contributed by atoms with Gasteiger partial charge in [0, 0.05) is 25.3 Å². The van der Waals surface area contributed by atoms with Crippen molar-refractivity contribution in [2.45, 2.75) is 6.04 Å². The maximum absolute atomic E-state index is 9.35. The lowest BCUT2D eigenvalue weighted by Crippen LogP contribution is -2.26. The molecule has 0 fully saturated rings. The van der Waals surface area contributed by atoms with Crippen LogP contribution in [-0.2, 0) is 9.47 Å². The van der Waals surface area contributed by atoms with Crippen molar-refractivity contribution in [2.24, 2.45) is 0 Å². The van der Waals surface area contributed by atoms with Crippen LogP contribution in [0.5, 0.6) is 11.5 Å². The first-order valence-electron chi connectivity index (χ1n) is 6.07. The summed E-state index contributed by atoms with van der Waals surface area (Å²) in [5, 5.41) is 12.7. The van der Waals surface area contributed by atoms with Crippen molar-refractivity contribution >= 4 is 0 Å². The van der Waals surface area contributed by atoms with Gasteiger partial charge in [-0.3, -0.25) is 0 Å². The van der Waals surface area contributed by atoms with E-state index in [1.54, 1.807) is 19.2 Å². The van der Waals surface area contributed by atoms with Crippen LogP contribution in [0.3, 0.4) is 0 Å². The van der Waals surface area contributed by atoms with Crippen LogP contribution in [0, 0.1) is 0 Å². The number of ether oxygens (including phenoxy) is 3. The molecule has 5 heteroatoms. The molecule has 18 heavy (non-hydrogen) atoms. The lowest BCUT2D eigenvalue weighted by Gasteiger charge is -2.11. The maximum Gasteiger partial charge on any atom is 0.127 e. The van der Waals surface area contributed by atoms with Gasteiger partial charge in [0.2, 0.25) is 0 Å². The van der Waals surface area contributed by atoms with Crippen LogP contribution in [0.25, 0.3) is 0 Å². The molecule has 5 nitrogen and oxygen atoms in total. The van der Waals surface area contributed by atoms with E-state index < -0.39 is 0 Å². The third-order valence-corrected chi connectivity index (χ3v) is 2.85. The fraction of sp³-hybridized carbons (Fsp3) is 0.538. The molecule has 1 aromatic carbocycles. The summed E-state index contributed by atoms with van der Waals surface area (Å²) in [6.07, 6.45) is 0. The van der Waals surface area contributed by atoms with Crippen LogP contribution in [-0.4, -0.2) is 45.2 Å². The molecule has 2 N–H and O–H groups in total. The van der Waals surface area contributed by atoms with Crippen molar-refractivity contribution in [1.29, 1.82) is 0 Å². The van der Waals surface area contributed by atoms with E-state index in [1.807, 2.05) is 6.07 Å². The zero-order valence-electron chi connectivity index (χ0n) is 10.5. The second kappa shape index (κ2) is 6.58. The van der Waals surface area contributed by atoms with Gasteiger partial charge in [-0.1, -0.05) is 0 Å². The van der Waals surface area contributed by atoms with Crippen molar-refractivity contribution in [1.82, 2.24) is 5.32 Å². The molecule has 0 saturated carbocycles. The molecule has 100 valence electrons. The Morgan fingerprint density at radius 1 is 1.39 bits per heavy atom. The van der Waals surface area contributed by atoms with Crippen molar-refractivity contribution in [3.63, 3.8) is 0 Å². The number of phenolic OH excluding ortho intramolecular Hbond substituents is 1. The number of aromatic hydroxyl groups is 1. The third kappa shape index (κ3) is 3.35. The fourth-order valence-corrected chi connectivity index (χ4v) is 1.92. The molecule has 0 aliphatic carbocycles. The minimum atomic E-state index is 0.173. The number of hydrogen-bond donors (Lipinski definition) is 2. The molecule has 0 aromatic heterocycles. The molecule has 1 heterocycles. The van der Waals surface area contributed by atoms with Crippen LogP contribution in [0.15, 0.2) is 18.2 Å². The van der Waals surface area contributed by atoms with E-state index in [2.05, 4.69) is 5.32 Å². The number of benzene rings is 1. The van der Waals surface area contributed by atoms with E-state index in [4.69, 9.17) is 14.2 Å². The van der Waals surface area contributed by atoms with E-state index in [0.717, 1.165) is 17.9 Å². The lowest BCUT2D eigenvalue weighted by atomic mass is 10.1. The highest BCUT2D eigenvalue weighted by Crippen LogP contribution is 2.34. The van der Waals surface area contributed by atoms with E-state index in [1.165, 1.54) is 0 Å². The van der Waals surface area contributed by atoms with Gasteiger partial charge in [0.05, 0.1) is 25.9 Å². The molecule has 0 bridgehead atoms. The second-order valence-electron chi connectivity index (χ2n) is 4.15. The number of methoxy groups -OCH3 is 1. The van der Waals surface area contributed by atoms with Gasteiger partial charge in [-0.15, -0.1) is 0 Å². The first-order chi connectivity index (χ1) is 8.81. The van der Waals surface area contributed by atoms with Crippen LogP contribution in [0.4, 0.5) is 0 Å². The van der Waals surface area contributed by atoms with Crippen LogP contribution in [0.2, 0.25) is 0 Å². The SMILES string of the molecule is COCCOCCNC1COc2cc(O)ccc21. The molecule has 0 spiro atoms. The smallest absolute Gasteiger partial charge is 0.127 e. The minimum absolute atomic E-state index is 0.173. The van der Waals surface area contributed by atoms with Crippen LogP contribution >= 0.6 is 0 Å². The molecule has 1 unspecified atom stereocenters. The van der Waals surface area contributed by atoms with E-state index >= 15 is 0 Å². The monoisotopic (exact) mass is 253 g/mol. The number of rotatable bonds is 7. The Bertz CT molecular complexity index is 383. The molecule has 0 radical (unpaired) electrons. The van der Waals surface area contributed by atoms with Crippen molar-refractivity contribution in [2.75, 3.05) is 40.1 Å². The van der Waals surface area contributed by atoms with Gasteiger partial charge < -0.3 is 24.6 Å². The minimum Gasteiger partial charge on any atom is -0.508 e. The number of hydrogen-bond acceptors (Lipinski definition) is 5. The van der Waals surface area contributed by atoms with Gasteiger partial charge in [0.1, 0.15) is 18.1 Å². The van der Waals surface area contributed by atoms with Crippen molar-refractivity contribution in [3.8, 4) is 11.5 Å². The number of phenols is 1. The second-order valence-corrected chi connectivity index (χ2v) is 4.15. The number of nitrogens with one attached hydrogen (secondary N) is 1.